The highest BCUT2D eigenvalue weighted by atomic mass is 32.2. The Balaban J connectivity index is 1.42. The van der Waals surface area contributed by atoms with E-state index in [1.807, 2.05) is 13.8 Å². The number of nitrogens with one attached hydrogen (secondary N) is 1. The van der Waals surface area contributed by atoms with Gasteiger partial charge in [0.2, 0.25) is 0 Å². The molecule has 5 nitrogen and oxygen atoms in total. The maximum absolute atomic E-state index is 12.7. The van der Waals surface area contributed by atoms with Gasteiger partial charge in [-0.25, -0.2) is 4.72 Å². The number of ether oxygens (including phenoxy) is 1. The summed E-state index contributed by atoms with van der Waals surface area (Å²) in [6.45, 7) is 5.44. The minimum atomic E-state index is -3.39. The van der Waals surface area contributed by atoms with Gasteiger partial charge in [-0.05, 0) is 75.5 Å². The Bertz CT molecular complexity index is 517. The summed E-state index contributed by atoms with van der Waals surface area (Å²) in [6, 6.07) is 0. The van der Waals surface area contributed by atoms with Crippen LogP contribution >= 0.6 is 0 Å². The Labute approximate surface area is 140 Å². The van der Waals surface area contributed by atoms with Crippen LogP contribution in [0.25, 0.3) is 0 Å². The van der Waals surface area contributed by atoms with Crippen molar-refractivity contribution >= 4 is 10.2 Å². The van der Waals surface area contributed by atoms with Gasteiger partial charge in [-0.15, -0.1) is 0 Å². The first-order chi connectivity index (χ1) is 10.8. The van der Waals surface area contributed by atoms with Gasteiger partial charge < -0.3 is 4.74 Å². The fourth-order valence-electron chi connectivity index (χ4n) is 6.17. The molecule has 132 valence electrons. The number of morpholine rings is 1. The molecule has 1 aliphatic heterocycles. The molecule has 1 N–H and O–H groups in total. The van der Waals surface area contributed by atoms with Crippen LogP contribution in [-0.4, -0.2) is 44.6 Å². The van der Waals surface area contributed by atoms with Crippen LogP contribution in [0, 0.1) is 23.2 Å². The normalized spacial score (nSPS) is 47.1. The average molecular weight is 343 g/mol. The van der Waals surface area contributed by atoms with Crippen LogP contribution in [0.3, 0.4) is 0 Å². The molecular formula is C17H30N2O3S. The van der Waals surface area contributed by atoms with Crippen LogP contribution in [0.2, 0.25) is 0 Å². The molecule has 4 aliphatic carbocycles. The summed E-state index contributed by atoms with van der Waals surface area (Å²) in [5.41, 5.74) is 0.241. The number of rotatable bonds is 4. The lowest BCUT2D eigenvalue weighted by Crippen LogP contribution is -2.55. The zero-order valence-electron chi connectivity index (χ0n) is 14.3. The lowest BCUT2D eigenvalue weighted by atomic mass is 9.50. The summed E-state index contributed by atoms with van der Waals surface area (Å²) in [5, 5.41) is 0. The second-order valence-electron chi connectivity index (χ2n) is 8.82. The Morgan fingerprint density at radius 3 is 1.96 bits per heavy atom. The smallest absolute Gasteiger partial charge is 0.279 e. The molecule has 0 aromatic carbocycles. The monoisotopic (exact) mass is 342 g/mol. The minimum absolute atomic E-state index is 0.0325. The molecule has 0 radical (unpaired) electrons. The Hall–Kier alpha value is -0.170. The third-order valence-electron chi connectivity index (χ3n) is 6.52. The molecule has 6 heteroatoms. The van der Waals surface area contributed by atoms with E-state index in [4.69, 9.17) is 4.74 Å². The summed E-state index contributed by atoms with van der Waals surface area (Å²) < 4.78 is 35.7. The fourth-order valence-corrected chi connectivity index (χ4v) is 7.65. The van der Waals surface area contributed by atoms with E-state index in [1.54, 1.807) is 4.31 Å². The highest BCUT2D eigenvalue weighted by Crippen LogP contribution is 2.59. The van der Waals surface area contributed by atoms with Crippen molar-refractivity contribution in [2.45, 2.75) is 64.6 Å². The maximum atomic E-state index is 12.7. The van der Waals surface area contributed by atoms with E-state index < -0.39 is 10.2 Å². The second-order valence-corrected chi connectivity index (χ2v) is 10.6. The van der Waals surface area contributed by atoms with E-state index in [0.717, 1.165) is 17.8 Å². The molecule has 2 atom stereocenters. The first-order valence-electron chi connectivity index (χ1n) is 9.24. The predicted molar refractivity (Wildman–Crippen MR) is 89.1 cm³/mol. The summed E-state index contributed by atoms with van der Waals surface area (Å²) in [5.74, 6) is 2.57. The fraction of sp³-hybridized carbons (Fsp3) is 1.00. The lowest BCUT2D eigenvalue weighted by Gasteiger charge is -2.57. The van der Waals surface area contributed by atoms with E-state index in [0.29, 0.717) is 19.6 Å². The number of hydrogen-bond acceptors (Lipinski definition) is 3. The molecule has 5 fully saturated rings. The van der Waals surface area contributed by atoms with E-state index in [9.17, 15) is 8.42 Å². The third-order valence-corrected chi connectivity index (χ3v) is 8.01. The number of nitrogens with zero attached hydrogens (tertiary/aromatic N) is 1. The van der Waals surface area contributed by atoms with Crippen molar-refractivity contribution in [2.75, 3.05) is 19.6 Å². The van der Waals surface area contributed by atoms with Crippen LogP contribution in [-0.2, 0) is 14.9 Å². The van der Waals surface area contributed by atoms with Crippen molar-refractivity contribution < 1.29 is 13.2 Å². The van der Waals surface area contributed by atoms with E-state index in [1.165, 1.54) is 38.5 Å². The third kappa shape index (κ3) is 3.20. The van der Waals surface area contributed by atoms with Crippen LogP contribution < -0.4 is 4.72 Å². The van der Waals surface area contributed by atoms with Crippen molar-refractivity contribution in [1.82, 2.24) is 9.03 Å². The Morgan fingerprint density at radius 2 is 1.48 bits per heavy atom. The largest absolute Gasteiger partial charge is 0.373 e. The summed E-state index contributed by atoms with van der Waals surface area (Å²) in [6.07, 6.45) is 7.82. The van der Waals surface area contributed by atoms with Gasteiger partial charge in [-0.2, -0.15) is 12.7 Å². The standard InChI is InChI=1S/C17H30N2O3S/c1-12-9-19(10-13(2)22-12)23(20,21)18-11-17-6-14-3-15(7-17)5-16(4-14)8-17/h12-16,18H,3-11H2,1-2H3. The molecule has 0 amide bonds. The molecule has 1 heterocycles. The highest BCUT2D eigenvalue weighted by molar-refractivity contribution is 7.87. The van der Waals surface area contributed by atoms with Crippen LogP contribution in [0.4, 0.5) is 0 Å². The molecule has 0 spiro atoms. The van der Waals surface area contributed by atoms with Crippen LogP contribution in [0.1, 0.15) is 52.4 Å². The molecule has 1 saturated heterocycles. The summed E-state index contributed by atoms with van der Waals surface area (Å²) in [7, 11) is -3.39. The van der Waals surface area contributed by atoms with E-state index in [2.05, 4.69) is 4.72 Å². The molecule has 5 rings (SSSR count). The Morgan fingerprint density at radius 1 is 1.00 bits per heavy atom. The predicted octanol–water partition coefficient (Wildman–Crippen LogP) is 2.15. The van der Waals surface area contributed by atoms with Gasteiger partial charge in [0.25, 0.3) is 10.2 Å². The summed E-state index contributed by atoms with van der Waals surface area (Å²) >= 11 is 0. The first kappa shape index (κ1) is 16.3. The van der Waals surface area contributed by atoms with Crippen molar-refractivity contribution in [3.63, 3.8) is 0 Å². The highest BCUT2D eigenvalue weighted by Gasteiger charge is 2.51. The van der Waals surface area contributed by atoms with Gasteiger partial charge in [0.05, 0.1) is 12.2 Å². The van der Waals surface area contributed by atoms with Gasteiger partial charge >= 0.3 is 0 Å². The molecule has 4 bridgehead atoms. The van der Waals surface area contributed by atoms with Gasteiger partial charge in [-0.1, -0.05) is 0 Å². The molecule has 0 aromatic heterocycles. The van der Waals surface area contributed by atoms with Crippen LogP contribution in [0.15, 0.2) is 0 Å². The van der Waals surface area contributed by atoms with E-state index >= 15 is 0 Å². The molecule has 2 unspecified atom stereocenters. The molecular weight excluding hydrogens is 312 g/mol. The second kappa shape index (κ2) is 5.68. The zero-order valence-corrected chi connectivity index (χ0v) is 15.1. The average Bonchev–Trinajstić information content (AvgIpc) is 2.43. The van der Waals surface area contributed by atoms with Gasteiger partial charge in [-0.3, -0.25) is 0 Å². The Kier molecular flexibility index (Phi) is 4.03. The maximum Gasteiger partial charge on any atom is 0.279 e. The lowest BCUT2D eigenvalue weighted by molar-refractivity contribution is -0.0510. The van der Waals surface area contributed by atoms with Gasteiger partial charge in [0.1, 0.15) is 0 Å². The number of hydrogen-bond donors (Lipinski definition) is 1. The van der Waals surface area contributed by atoms with Crippen molar-refractivity contribution in [3.05, 3.63) is 0 Å². The van der Waals surface area contributed by atoms with Gasteiger partial charge in [0, 0.05) is 19.6 Å². The van der Waals surface area contributed by atoms with Crippen LogP contribution in [0.5, 0.6) is 0 Å². The van der Waals surface area contributed by atoms with Gasteiger partial charge in [0.15, 0.2) is 0 Å². The summed E-state index contributed by atoms with van der Waals surface area (Å²) in [4.78, 5) is 0. The van der Waals surface area contributed by atoms with Crippen molar-refractivity contribution in [1.29, 1.82) is 0 Å². The SMILES string of the molecule is CC1CN(S(=O)(=O)NCC23CC4CC(CC(C4)C2)C3)CC(C)O1. The first-order valence-corrected chi connectivity index (χ1v) is 10.7. The van der Waals surface area contributed by atoms with Crippen molar-refractivity contribution in [3.8, 4) is 0 Å². The molecule has 0 aromatic rings. The minimum Gasteiger partial charge on any atom is -0.373 e. The van der Waals surface area contributed by atoms with Crippen molar-refractivity contribution in [2.24, 2.45) is 23.2 Å². The molecule has 4 saturated carbocycles. The topological polar surface area (TPSA) is 58.6 Å². The molecule has 23 heavy (non-hydrogen) atoms. The van der Waals surface area contributed by atoms with E-state index in [-0.39, 0.29) is 17.6 Å². The quantitative estimate of drug-likeness (QED) is 0.852. The zero-order chi connectivity index (χ0) is 16.2. The molecule has 5 aliphatic rings.